The molecule has 2 aromatic rings. The maximum Gasteiger partial charge on any atom is 0.0574 e. The highest BCUT2D eigenvalue weighted by Crippen LogP contribution is 2.26. The van der Waals surface area contributed by atoms with E-state index in [1.807, 2.05) is 7.05 Å². The minimum atomic E-state index is 0.260. The van der Waals surface area contributed by atoms with Gasteiger partial charge >= 0.3 is 0 Å². The largest absolute Gasteiger partial charge is 0.309 e. The van der Waals surface area contributed by atoms with Gasteiger partial charge in [0.25, 0.3) is 0 Å². The van der Waals surface area contributed by atoms with Crippen LogP contribution in [-0.2, 0) is 0 Å². The first-order valence-corrected chi connectivity index (χ1v) is 7.91. The Bertz CT molecular complexity index is 583. The third-order valence-corrected chi connectivity index (χ3v) is 4.60. The molecule has 2 unspecified atom stereocenters. The van der Waals surface area contributed by atoms with Crippen LogP contribution >= 0.6 is 0 Å². The molecule has 0 radical (unpaired) electrons. The monoisotopic (exact) mass is 281 g/mol. The lowest BCUT2D eigenvalue weighted by atomic mass is 9.92. The van der Waals surface area contributed by atoms with Crippen molar-refractivity contribution in [2.45, 2.75) is 46.1 Å². The summed E-state index contributed by atoms with van der Waals surface area (Å²) < 4.78 is 0. The number of aryl methyl sites for hydroxylation is 2. The lowest BCUT2D eigenvalue weighted by Crippen LogP contribution is -2.17. The maximum absolute atomic E-state index is 3.44. The van der Waals surface area contributed by atoms with E-state index < -0.39 is 0 Å². The van der Waals surface area contributed by atoms with Gasteiger partial charge in [-0.05, 0) is 61.1 Å². The van der Waals surface area contributed by atoms with Gasteiger partial charge in [0.05, 0.1) is 6.04 Å². The molecule has 112 valence electrons. The van der Waals surface area contributed by atoms with Crippen molar-refractivity contribution < 1.29 is 0 Å². The van der Waals surface area contributed by atoms with E-state index >= 15 is 0 Å². The van der Waals surface area contributed by atoms with Crippen LogP contribution in [-0.4, -0.2) is 7.05 Å². The zero-order valence-corrected chi connectivity index (χ0v) is 13.9. The van der Waals surface area contributed by atoms with Crippen LogP contribution in [0.25, 0.3) is 0 Å². The molecule has 0 aliphatic heterocycles. The summed E-state index contributed by atoms with van der Waals surface area (Å²) in [6.45, 7) is 8.87. The summed E-state index contributed by atoms with van der Waals surface area (Å²) in [7, 11) is 2.03. The van der Waals surface area contributed by atoms with Gasteiger partial charge < -0.3 is 5.32 Å². The molecule has 2 atom stereocenters. The van der Waals surface area contributed by atoms with Crippen molar-refractivity contribution in [1.82, 2.24) is 5.32 Å². The van der Waals surface area contributed by atoms with Crippen molar-refractivity contribution in [2.75, 3.05) is 7.05 Å². The van der Waals surface area contributed by atoms with Crippen molar-refractivity contribution >= 4 is 0 Å². The van der Waals surface area contributed by atoms with Crippen molar-refractivity contribution in [3.8, 4) is 0 Å². The van der Waals surface area contributed by atoms with Crippen molar-refractivity contribution in [2.24, 2.45) is 0 Å². The second-order valence-corrected chi connectivity index (χ2v) is 6.04. The molecule has 0 amide bonds. The Labute approximate surface area is 129 Å². The lowest BCUT2D eigenvalue weighted by Gasteiger charge is -2.19. The fourth-order valence-electron chi connectivity index (χ4n) is 2.72. The number of benzene rings is 2. The van der Waals surface area contributed by atoms with Gasteiger partial charge in [0.1, 0.15) is 0 Å². The van der Waals surface area contributed by atoms with Crippen LogP contribution in [0.3, 0.4) is 0 Å². The van der Waals surface area contributed by atoms with Gasteiger partial charge in [-0.1, -0.05) is 56.3 Å². The summed E-state index contributed by atoms with van der Waals surface area (Å²) >= 11 is 0. The zero-order chi connectivity index (χ0) is 15.4. The predicted octanol–water partition coefficient (Wildman–Crippen LogP) is 5.13. The van der Waals surface area contributed by atoms with Gasteiger partial charge in [0, 0.05) is 0 Å². The summed E-state index contributed by atoms with van der Waals surface area (Å²) in [5.41, 5.74) is 6.78. The Hall–Kier alpha value is -1.60. The summed E-state index contributed by atoms with van der Waals surface area (Å²) in [6, 6.07) is 16.1. The smallest absolute Gasteiger partial charge is 0.0574 e. The Kier molecular flexibility index (Phi) is 5.19. The van der Waals surface area contributed by atoms with E-state index in [2.05, 4.69) is 75.5 Å². The van der Waals surface area contributed by atoms with Crippen molar-refractivity contribution in [1.29, 1.82) is 0 Å². The van der Waals surface area contributed by atoms with Gasteiger partial charge in [-0.2, -0.15) is 0 Å². The van der Waals surface area contributed by atoms with Crippen LogP contribution in [0.5, 0.6) is 0 Å². The van der Waals surface area contributed by atoms with Crippen molar-refractivity contribution in [3.63, 3.8) is 0 Å². The lowest BCUT2D eigenvalue weighted by molar-refractivity contribution is 0.687. The molecule has 0 heterocycles. The predicted molar refractivity (Wildman–Crippen MR) is 92.0 cm³/mol. The van der Waals surface area contributed by atoms with E-state index in [4.69, 9.17) is 0 Å². The summed E-state index contributed by atoms with van der Waals surface area (Å²) in [4.78, 5) is 0. The molecular formula is C20H27N. The van der Waals surface area contributed by atoms with Gasteiger partial charge in [0.2, 0.25) is 0 Å². The third kappa shape index (κ3) is 3.54. The molecule has 0 aliphatic carbocycles. The van der Waals surface area contributed by atoms with E-state index in [0.29, 0.717) is 5.92 Å². The van der Waals surface area contributed by atoms with Crippen LogP contribution < -0.4 is 5.32 Å². The molecule has 1 N–H and O–H groups in total. The topological polar surface area (TPSA) is 12.0 Å². The molecule has 2 aromatic carbocycles. The summed E-state index contributed by atoms with van der Waals surface area (Å²) in [5.74, 6) is 0.633. The van der Waals surface area contributed by atoms with Crippen LogP contribution in [0.1, 0.15) is 60.0 Å². The summed E-state index contributed by atoms with van der Waals surface area (Å²) in [5, 5.41) is 3.44. The molecular weight excluding hydrogens is 254 g/mol. The fraction of sp³-hybridized carbons (Fsp3) is 0.400. The maximum atomic E-state index is 3.44. The molecule has 0 spiro atoms. The number of nitrogens with one attached hydrogen (secondary N) is 1. The number of rotatable bonds is 5. The van der Waals surface area contributed by atoms with Gasteiger partial charge in [-0.25, -0.2) is 0 Å². The minimum absolute atomic E-state index is 0.260. The SMILES string of the molecule is CCC(C)c1ccc(C(NC)c2ccc(C)c(C)c2)cc1. The molecule has 0 saturated heterocycles. The molecule has 1 nitrogen and oxygen atoms in total. The second kappa shape index (κ2) is 6.91. The van der Waals surface area contributed by atoms with E-state index in [1.165, 1.54) is 34.2 Å². The van der Waals surface area contributed by atoms with Crippen LogP contribution in [0.4, 0.5) is 0 Å². The van der Waals surface area contributed by atoms with Crippen LogP contribution in [0, 0.1) is 13.8 Å². The average molecular weight is 281 g/mol. The molecule has 0 bridgehead atoms. The molecule has 1 heteroatoms. The summed E-state index contributed by atoms with van der Waals surface area (Å²) in [6.07, 6.45) is 1.19. The molecule has 0 aliphatic rings. The fourth-order valence-corrected chi connectivity index (χ4v) is 2.72. The Balaban J connectivity index is 2.30. The highest BCUT2D eigenvalue weighted by atomic mass is 14.9. The third-order valence-electron chi connectivity index (χ3n) is 4.60. The molecule has 2 rings (SSSR count). The Morgan fingerprint density at radius 2 is 1.43 bits per heavy atom. The zero-order valence-electron chi connectivity index (χ0n) is 13.9. The minimum Gasteiger partial charge on any atom is -0.309 e. The quantitative estimate of drug-likeness (QED) is 0.801. The van der Waals surface area contributed by atoms with E-state index in [0.717, 1.165) is 0 Å². The Morgan fingerprint density at radius 3 is 1.95 bits per heavy atom. The number of hydrogen-bond donors (Lipinski definition) is 1. The molecule has 0 aromatic heterocycles. The van der Waals surface area contributed by atoms with Crippen LogP contribution in [0.2, 0.25) is 0 Å². The van der Waals surface area contributed by atoms with E-state index in [9.17, 15) is 0 Å². The molecule has 0 fully saturated rings. The number of hydrogen-bond acceptors (Lipinski definition) is 1. The first-order valence-electron chi connectivity index (χ1n) is 7.91. The van der Waals surface area contributed by atoms with E-state index in [-0.39, 0.29) is 6.04 Å². The van der Waals surface area contributed by atoms with Gasteiger partial charge in [0.15, 0.2) is 0 Å². The average Bonchev–Trinajstić information content (AvgIpc) is 2.51. The highest BCUT2D eigenvalue weighted by molar-refractivity contribution is 5.38. The Morgan fingerprint density at radius 1 is 0.857 bits per heavy atom. The van der Waals surface area contributed by atoms with Crippen molar-refractivity contribution in [3.05, 3.63) is 70.3 Å². The standard InChI is InChI=1S/C20H27N/c1-6-14(2)17-9-11-18(12-10-17)20(21-5)19-8-7-15(3)16(4)13-19/h7-14,20-21H,6H2,1-5H3. The molecule has 21 heavy (non-hydrogen) atoms. The van der Waals surface area contributed by atoms with Gasteiger partial charge in [-0.15, -0.1) is 0 Å². The first-order chi connectivity index (χ1) is 10.1. The second-order valence-electron chi connectivity index (χ2n) is 6.04. The highest BCUT2D eigenvalue weighted by Gasteiger charge is 2.13. The van der Waals surface area contributed by atoms with Gasteiger partial charge in [-0.3, -0.25) is 0 Å². The van der Waals surface area contributed by atoms with E-state index in [1.54, 1.807) is 0 Å². The van der Waals surface area contributed by atoms with Crippen LogP contribution in [0.15, 0.2) is 42.5 Å². The molecule has 0 saturated carbocycles. The first kappa shape index (κ1) is 15.8. The normalized spacial score (nSPS) is 14.0.